The molecule has 2 saturated heterocycles. The summed E-state index contributed by atoms with van der Waals surface area (Å²) in [5.74, 6) is 0. The Morgan fingerprint density at radius 1 is 0.800 bits per heavy atom. The molecule has 2 rings (SSSR count). The molecule has 0 bridgehead atoms. The number of nitrogens with one attached hydrogen (secondary N) is 1. The maximum atomic E-state index is 5.48. The summed E-state index contributed by atoms with van der Waals surface area (Å²) in [6.45, 7) is 18.2. The Bertz CT molecular complexity index is 262. The molecule has 0 spiro atoms. The van der Waals surface area contributed by atoms with E-state index in [1.807, 2.05) is 0 Å². The van der Waals surface area contributed by atoms with E-state index in [9.17, 15) is 0 Å². The van der Waals surface area contributed by atoms with E-state index in [0.717, 1.165) is 39.4 Å². The minimum Gasteiger partial charge on any atom is -0.379 e. The summed E-state index contributed by atoms with van der Waals surface area (Å²) in [6.07, 6.45) is 2.52. The number of hydrogen-bond donors (Lipinski definition) is 1. The minimum absolute atomic E-state index is 0.287. The van der Waals surface area contributed by atoms with Gasteiger partial charge in [0.1, 0.15) is 0 Å². The highest BCUT2D eigenvalue weighted by molar-refractivity contribution is 4.90. The van der Waals surface area contributed by atoms with Crippen molar-refractivity contribution in [1.82, 2.24) is 15.1 Å². The van der Waals surface area contributed by atoms with Crippen molar-refractivity contribution in [3.05, 3.63) is 0 Å². The number of ether oxygens (including phenoxy) is 1. The number of morpholine rings is 1. The monoisotopic (exact) mass is 283 g/mol. The average Bonchev–Trinajstić information content (AvgIpc) is 2.47. The first-order valence-corrected chi connectivity index (χ1v) is 8.20. The molecule has 0 amide bonds. The Morgan fingerprint density at radius 3 is 1.75 bits per heavy atom. The van der Waals surface area contributed by atoms with Gasteiger partial charge in [0.25, 0.3) is 0 Å². The normalized spacial score (nSPS) is 24.0. The molecule has 0 aromatic rings. The van der Waals surface area contributed by atoms with Crippen molar-refractivity contribution < 1.29 is 4.74 Å². The van der Waals surface area contributed by atoms with Gasteiger partial charge in [-0.25, -0.2) is 0 Å². The van der Waals surface area contributed by atoms with Crippen LogP contribution in [-0.2, 0) is 4.74 Å². The van der Waals surface area contributed by atoms with Crippen LogP contribution in [0.2, 0.25) is 0 Å². The summed E-state index contributed by atoms with van der Waals surface area (Å²) < 4.78 is 5.48. The zero-order valence-corrected chi connectivity index (χ0v) is 13.9. The Labute approximate surface area is 124 Å². The maximum Gasteiger partial charge on any atom is 0.0594 e. The average molecular weight is 283 g/mol. The Balaban J connectivity index is 1.85. The molecule has 2 aliphatic heterocycles. The highest BCUT2D eigenvalue weighted by Gasteiger charge is 2.33. The van der Waals surface area contributed by atoms with E-state index in [0.29, 0.717) is 5.54 Å². The summed E-state index contributed by atoms with van der Waals surface area (Å²) in [7, 11) is 0. The van der Waals surface area contributed by atoms with Gasteiger partial charge < -0.3 is 10.1 Å². The predicted molar refractivity (Wildman–Crippen MR) is 84.2 cm³/mol. The van der Waals surface area contributed by atoms with Crippen molar-refractivity contribution in [1.29, 1.82) is 0 Å². The molecule has 1 N–H and O–H groups in total. The molecule has 20 heavy (non-hydrogen) atoms. The second-order valence-electron chi connectivity index (χ2n) is 7.46. The molecule has 2 aliphatic rings. The third-order valence-electron chi connectivity index (χ3n) is 5.19. The van der Waals surface area contributed by atoms with E-state index >= 15 is 0 Å². The van der Waals surface area contributed by atoms with E-state index in [2.05, 4.69) is 42.8 Å². The van der Waals surface area contributed by atoms with E-state index in [1.54, 1.807) is 0 Å². The first kappa shape index (κ1) is 16.2. The standard InChI is InChI=1S/C16H33N3O/c1-15(2,18-9-7-17-8-10-18)5-6-16(3,4)19-11-13-20-14-12-19/h17H,5-14H2,1-4H3. The summed E-state index contributed by atoms with van der Waals surface area (Å²) in [5, 5.41) is 3.45. The number of nitrogens with zero attached hydrogens (tertiary/aromatic N) is 2. The lowest BCUT2D eigenvalue weighted by atomic mass is 9.86. The van der Waals surface area contributed by atoms with Crippen molar-refractivity contribution in [2.75, 3.05) is 52.5 Å². The number of rotatable bonds is 5. The first-order chi connectivity index (χ1) is 9.42. The molecular formula is C16H33N3O. The smallest absolute Gasteiger partial charge is 0.0594 e. The predicted octanol–water partition coefficient (Wildman–Crippen LogP) is 1.56. The van der Waals surface area contributed by atoms with Gasteiger partial charge in [-0.3, -0.25) is 9.80 Å². The van der Waals surface area contributed by atoms with E-state index in [-0.39, 0.29) is 5.54 Å². The third kappa shape index (κ3) is 4.17. The van der Waals surface area contributed by atoms with E-state index < -0.39 is 0 Å². The minimum atomic E-state index is 0.287. The topological polar surface area (TPSA) is 27.7 Å². The van der Waals surface area contributed by atoms with Gasteiger partial charge in [0.15, 0.2) is 0 Å². The van der Waals surface area contributed by atoms with Gasteiger partial charge in [-0.1, -0.05) is 0 Å². The molecule has 0 atom stereocenters. The molecule has 0 radical (unpaired) electrons. The first-order valence-electron chi connectivity index (χ1n) is 8.20. The molecule has 0 aromatic heterocycles. The molecule has 118 valence electrons. The number of hydrogen-bond acceptors (Lipinski definition) is 4. The Hall–Kier alpha value is -0.160. The molecule has 0 aliphatic carbocycles. The quantitative estimate of drug-likeness (QED) is 0.829. The zero-order chi connectivity index (χ0) is 14.6. The van der Waals surface area contributed by atoms with Crippen LogP contribution in [0.5, 0.6) is 0 Å². The molecule has 2 fully saturated rings. The van der Waals surface area contributed by atoms with Crippen LogP contribution in [0.15, 0.2) is 0 Å². The van der Waals surface area contributed by atoms with Gasteiger partial charge in [0.2, 0.25) is 0 Å². The van der Waals surface area contributed by atoms with Gasteiger partial charge >= 0.3 is 0 Å². The van der Waals surface area contributed by atoms with Gasteiger partial charge in [-0.15, -0.1) is 0 Å². The molecule has 0 aromatic carbocycles. The van der Waals surface area contributed by atoms with Crippen LogP contribution in [0.3, 0.4) is 0 Å². The molecule has 2 heterocycles. The zero-order valence-electron chi connectivity index (χ0n) is 13.9. The molecule has 4 heteroatoms. The second-order valence-corrected chi connectivity index (χ2v) is 7.46. The summed E-state index contributed by atoms with van der Waals surface area (Å²) in [6, 6.07) is 0. The molecular weight excluding hydrogens is 250 g/mol. The van der Waals surface area contributed by atoms with Crippen molar-refractivity contribution in [2.24, 2.45) is 0 Å². The molecule has 0 unspecified atom stereocenters. The van der Waals surface area contributed by atoms with Crippen LogP contribution < -0.4 is 5.32 Å². The largest absolute Gasteiger partial charge is 0.379 e. The molecule has 4 nitrogen and oxygen atoms in total. The van der Waals surface area contributed by atoms with Crippen LogP contribution in [-0.4, -0.2) is 73.4 Å². The van der Waals surface area contributed by atoms with Crippen LogP contribution in [0, 0.1) is 0 Å². The maximum absolute atomic E-state index is 5.48. The lowest BCUT2D eigenvalue weighted by molar-refractivity contribution is -0.0194. The van der Waals surface area contributed by atoms with Crippen molar-refractivity contribution in [3.63, 3.8) is 0 Å². The van der Waals surface area contributed by atoms with Crippen LogP contribution in [0.4, 0.5) is 0 Å². The Kier molecular flexibility index (Phi) is 5.46. The van der Waals surface area contributed by atoms with Crippen molar-refractivity contribution in [2.45, 2.75) is 51.6 Å². The van der Waals surface area contributed by atoms with E-state index in [1.165, 1.54) is 25.9 Å². The van der Waals surface area contributed by atoms with Crippen LogP contribution >= 0.6 is 0 Å². The third-order valence-corrected chi connectivity index (χ3v) is 5.19. The lowest BCUT2D eigenvalue weighted by Gasteiger charge is -2.45. The van der Waals surface area contributed by atoms with Gasteiger partial charge in [-0.2, -0.15) is 0 Å². The van der Waals surface area contributed by atoms with Gasteiger partial charge in [-0.05, 0) is 40.5 Å². The highest BCUT2D eigenvalue weighted by atomic mass is 16.5. The fourth-order valence-corrected chi connectivity index (χ4v) is 3.37. The van der Waals surface area contributed by atoms with Crippen LogP contribution in [0.1, 0.15) is 40.5 Å². The highest BCUT2D eigenvalue weighted by Crippen LogP contribution is 2.28. The summed E-state index contributed by atoms with van der Waals surface area (Å²) in [5.41, 5.74) is 0.598. The van der Waals surface area contributed by atoms with E-state index in [4.69, 9.17) is 4.74 Å². The number of piperazine rings is 1. The molecule has 0 saturated carbocycles. The van der Waals surface area contributed by atoms with Crippen molar-refractivity contribution >= 4 is 0 Å². The van der Waals surface area contributed by atoms with Gasteiger partial charge in [0.05, 0.1) is 13.2 Å². The summed E-state index contributed by atoms with van der Waals surface area (Å²) in [4.78, 5) is 5.25. The fourth-order valence-electron chi connectivity index (χ4n) is 3.37. The lowest BCUT2D eigenvalue weighted by Crippen LogP contribution is -2.55. The SMILES string of the molecule is CC(C)(CCC(C)(C)N1CCOCC1)N1CCNCC1. The summed E-state index contributed by atoms with van der Waals surface area (Å²) >= 11 is 0. The fraction of sp³-hybridized carbons (Fsp3) is 1.00. The van der Waals surface area contributed by atoms with Crippen LogP contribution in [0.25, 0.3) is 0 Å². The van der Waals surface area contributed by atoms with Crippen molar-refractivity contribution in [3.8, 4) is 0 Å². The Morgan fingerprint density at radius 2 is 1.25 bits per heavy atom. The second kappa shape index (κ2) is 6.73. The van der Waals surface area contributed by atoms with Gasteiger partial charge in [0, 0.05) is 50.3 Å².